The molecule has 0 bridgehead atoms. The average molecular weight is 236 g/mol. The molecule has 0 spiro atoms. The average Bonchev–Trinajstić information content (AvgIpc) is 2.56. The largest absolute Gasteiger partial charge is 0.497 e. The number of rotatable bonds is 3. The third-order valence-electron chi connectivity index (χ3n) is 2.48. The van der Waals surface area contributed by atoms with Crippen LogP contribution in [0.4, 0.5) is 4.79 Å². The van der Waals surface area contributed by atoms with Crippen LogP contribution in [0.3, 0.4) is 0 Å². The van der Waals surface area contributed by atoms with E-state index >= 15 is 0 Å². The van der Waals surface area contributed by atoms with Gasteiger partial charge >= 0.3 is 6.03 Å². The molecule has 1 aromatic carbocycles. The summed E-state index contributed by atoms with van der Waals surface area (Å²) in [7, 11) is 1.54. The Morgan fingerprint density at radius 2 is 2.24 bits per heavy atom. The Balaban J connectivity index is 2.15. The van der Waals surface area contributed by atoms with Crippen molar-refractivity contribution in [2.24, 2.45) is 0 Å². The van der Waals surface area contributed by atoms with Crippen molar-refractivity contribution in [3.63, 3.8) is 0 Å². The lowest BCUT2D eigenvalue weighted by atomic mass is 10.2. The van der Waals surface area contributed by atoms with Crippen molar-refractivity contribution < 1.29 is 19.4 Å². The van der Waals surface area contributed by atoms with Crippen LogP contribution < -0.4 is 10.1 Å². The Morgan fingerprint density at radius 1 is 1.47 bits per heavy atom. The van der Waals surface area contributed by atoms with E-state index in [0.717, 1.165) is 10.5 Å². The van der Waals surface area contributed by atoms with E-state index in [0.29, 0.717) is 5.75 Å². The van der Waals surface area contributed by atoms with Gasteiger partial charge in [-0.1, -0.05) is 12.1 Å². The van der Waals surface area contributed by atoms with E-state index in [-0.39, 0.29) is 6.54 Å². The van der Waals surface area contributed by atoms with Crippen molar-refractivity contribution in [2.45, 2.75) is 12.8 Å². The molecule has 1 aliphatic rings. The first-order valence-electron chi connectivity index (χ1n) is 5.04. The maximum absolute atomic E-state index is 11.4. The molecule has 1 unspecified atom stereocenters. The first kappa shape index (κ1) is 11.4. The van der Waals surface area contributed by atoms with Crippen molar-refractivity contribution in [2.75, 3.05) is 7.11 Å². The van der Waals surface area contributed by atoms with E-state index < -0.39 is 18.2 Å². The van der Waals surface area contributed by atoms with Crippen LogP contribution in [-0.4, -0.2) is 35.3 Å². The summed E-state index contributed by atoms with van der Waals surface area (Å²) in [6.07, 6.45) is -1.44. The van der Waals surface area contributed by atoms with Crippen LogP contribution in [0.2, 0.25) is 0 Å². The Labute approximate surface area is 97.8 Å². The van der Waals surface area contributed by atoms with Crippen LogP contribution in [0.25, 0.3) is 0 Å². The lowest BCUT2D eigenvalue weighted by molar-refractivity contribution is -0.134. The minimum absolute atomic E-state index is 0.110. The number of urea groups is 1. The Morgan fingerprint density at radius 3 is 2.82 bits per heavy atom. The predicted octanol–water partition coefficient (Wildman–Crippen LogP) is 0.0654. The quantitative estimate of drug-likeness (QED) is 0.728. The molecule has 2 rings (SSSR count). The second-order valence-corrected chi connectivity index (χ2v) is 3.63. The van der Waals surface area contributed by atoms with Gasteiger partial charge < -0.3 is 15.2 Å². The zero-order chi connectivity index (χ0) is 12.4. The van der Waals surface area contributed by atoms with Crippen LogP contribution in [0.5, 0.6) is 5.75 Å². The Kier molecular flexibility index (Phi) is 2.97. The highest BCUT2D eigenvalue weighted by atomic mass is 16.5. The molecule has 1 saturated heterocycles. The second kappa shape index (κ2) is 4.42. The number of carbonyl (C=O) groups is 2. The van der Waals surface area contributed by atoms with Crippen LogP contribution in [0.1, 0.15) is 5.56 Å². The molecule has 6 heteroatoms. The van der Waals surface area contributed by atoms with Crippen molar-refractivity contribution in [1.82, 2.24) is 10.2 Å². The zero-order valence-electron chi connectivity index (χ0n) is 9.21. The number of benzene rings is 1. The first-order chi connectivity index (χ1) is 8.11. The summed E-state index contributed by atoms with van der Waals surface area (Å²) in [5, 5.41) is 11.3. The summed E-state index contributed by atoms with van der Waals surface area (Å²) in [6, 6.07) is 6.44. The fourth-order valence-electron chi connectivity index (χ4n) is 1.61. The molecular formula is C11H12N2O4. The molecule has 1 aromatic rings. The van der Waals surface area contributed by atoms with E-state index in [4.69, 9.17) is 9.84 Å². The SMILES string of the molecule is COc1cccc(CN2C(=O)NC(O)C2=O)c1. The van der Waals surface area contributed by atoms with E-state index in [1.165, 1.54) is 7.11 Å². The predicted molar refractivity (Wildman–Crippen MR) is 58.1 cm³/mol. The van der Waals surface area contributed by atoms with Crippen LogP contribution in [-0.2, 0) is 11.3 Å². The van der Waals surface area contributed by atoms with Gasteiger partial charge in [0, 0.05) is 0 Å². The number of aliphatic hydroxyl groups excluding tert-OH is 1. The first-order valence-corrected chi connectivity index (χ1v) is 5.04. The molecule has 0 aliphatic carbocycles. The summed E-state index contributed by atoms with van der Waals surface area (Å²) in [5.41, 5.74) is 0.752. The Bertz CT molecular complexity index is 461. The smallest absolute Gasteiger partial charge is 0.326 e. The van der Waals surface area contributed by atoms with E-state index in [1.54, 1.807) is 24.3 Å². The van der Waals surface area contributed by atoms with Gasteiger partial charge in [0.25, 0.3) is 5.91 Å². The Hall–Kier alpha value is -2.08. The number of imide groups is 1. The topological polar surface area (TPSA) is 78.9 Å². The van der Waals surface area contributed by atoms with Crippen molar-refractivity contribution in [1.29, 1.82) is 0 Å². The lowest BCUT2D eigenvalue weighted by Crippen LogP contribution is -2.30. The van der Waals surface area contributed by atoms with Gasteiger partial charge in [-0.3, -0.25) is 9.69 Å². The number of nitrogens with zero attached hydrogens (tertiary/aromatic N) is 1. The minimum Gasteiger partial charge on any atom is -0.497 e. The molecule has 1 fully saturated rings. The summed E-state index contributed by atoms with van der Waals surface area (Å²) < 4.78 is 5.04. The molecule has 2 N–H and O–H groups in total. The molecule has 90 valence electrons. The zero-order valence-corrected chi connectivity index (χ0v) is 9.21. The number of hydrogen-bond acceptors (Lipinski definition) is 4. The van der Waals surface area contributed by atoms with Crippen LogP contribution in [0, 0.1) is 0 Å². The van der Waals surface area contributed by atoms with E-state index in [1.807, 2.05) is 0 Å². The highest BCUT2D eigenvalue weighted by molar-refractivity contribution is 6.03. The van der Waals surface area contributed by atoms with Crippen molar-refractivity contribution in [3.05, 3.63) is 29.8 Å². The van der Waals surface area contributed by atoms with Gasteiger partial charge in [-0.15, -0.1) is 0 Å². The maximum Gasteiger partial charge on any atom is 0.326 e. The van der Waals surface area contributed by atoms with Gasteiger partial charge in [0.1, 0.15) is 5.75 Å². The second-order valence-electron chi connectivity index (χ2n) is 3.63. The number of hydrogen-bond donors (Lipinski definition) is 2. The normalized spacial score (nSPS) is 19.4. The summed E-state index contributed by atoms with van der Waals surface area (Å²) in [4.78, 5) is 23.8. The van der Waals surface area contributed by atoms with Crippen molar-refractivity contribution >= 4 is 11.9 Å². The van der Waals surface area contributed by atoms with Gasteiger partial charge in [0.05, 0.1) is 13.7 Å². The standard InChI is InChI=1S/C11H12N2O4/c1-17-8-4-2-3-7(5-8)6-13-10(15)9(14)12-11(13)16/h2-5,9,14H,6H2,1H3,(H,12,16). The number of nitrogens with one attached hydrogen (secondary N) is 1. The van der Waals surface area contributed by atoms with Gasteiger partial charge in [-0.05, 0) is 17.7 Å². The molecule has 1 heterocycles. The molecule has 0 radical (unpaired) electrons. The van der Waals surface area contributed by atoms with Crippen LogP contribution >= 0.6 is 0 Å². The van der Waals surface area contributed by atoms with Gasteiger partial charge in [-0.25, -0.2) is 4.79 Å². The summed E-state index contributed by atoms with van der Waals surface area (Å²) in [5.74, 6) is 0.00734. The molecule has 1 aliphatic heterocycles. The number of amides is 3. The third kappa shape index (κ3) is 2.21. The van der Waals surface area contributed by atoms with E-state index in [9.17, 15) is 9.59 Å². The number of carbonyl (C=O) groups excluding carboxylic acids is 2. The van der Waals surface area contributed by atoms with E-state index in [2.05, 4.69) is 5.32 Å². The van der Waals surface area contributed by atoms with Crippen LogP contribution in [0.15, 0.2) is 24.3 Å². The lowest BCUT2D eigenvalue weighted by Gasteiger charge is -2.12. The molecule has 0 saturated carbocycles. The number of aliphatic hydroxyl groups is 1. The summed E-state index contributed by atoms with van der Waals surface area (Å²) in [6.45, 7) is 0.110. The number of ether oxygens (including phenoxy) is 1. The third-order valence-corrected chi connectivity index (χ3v) is 2.48. The summed E-state index contributed by atoms with van der Waals surface area (Å²) >= 11 is 0. The number of methoxy groups -OCH3 is 1. The van der Waals surface area contributed by atoms with Gasteiger partial charge in [0.2, 0.25) is 6.23 Å². The highest BCUT2D eigenvalue weighted by Crippen LogP contribution is 2.16. The molecule has 6 nitrogen and oxygen atoms in total. The monoisotopic (exact) mass is 236 g/mol. The molecule has 0 aromatic heterocycles. The van der Waals surface area contributed by atoms with Gasteiger partial charge in [0.15, 0.2) is 0 Å². The fourth-order valence-corrected chi connectivity index (χ4v) is 1.61. The van der Waals surface area contributed by atoms with Crippen molar-refractivity contribution in [3.8, 4) is 5.75 Å². The maximum atomic E-state index is 11.4. The minimum atomic E-state index is -1.44. The fraction of sp³-hybridized carbons (Fsp3) is 0.273. The molecule has 3 amide bonds. The highest BCUT2D eigenvalue weighted by Gasteiger charge is 2.36. The van der Waals surface area contributed by atoms with Gasteiger partial charge in [-0.2, -0.15) is 0 Å². The molecular weight excluding hydrogens is 224 g/mol. The molecule has 17 heavy (non-hydrogen) atoms. The molecule has 1 atom stereocenters.